The van der Waals surface area contributed by atoms with Gasteiger partial charge in [-0.2, -0.15) is 0 Å². The Kier molecular flexibility index (Phi) is 5.58. The first kappa shape index (κ1) is 14.1. The Labute approximate surface area is 110 Å². The van der Waals surface area contributed by atoms with E-state index in [1.165, 1.54) is 0 Å². The topological polar surface area (TPSA) is 42.4 Å². The maximum absolute atomic E-state index is 12.3. The number of amides is 1. The van der Waals surface area contributed by atoms with E-state index in [0.29, 0.717) is 23.3 Å². The van der Waals surface area contributed by atoms with Gasteiger partial charge in [0.25, 0.3) is 5.91 Å². The van der Waals surface area contributed by atoms with Crippen molar-refractivity contribution in [3.05, 3.63) is 28.5 Å². The number of hydrogen-bond donors (Lipinski definition) is 0. The summed E-state index contributed by atoms with van der Waals surface area (Å²) in [6.07, 6.45) is 1.65. The molecule has 1 rings (SSSR count). The molecule has 4 nitrogen and oxygen atoms in total. The van der Waals surface area contributed by atoms with Gasteiger partial charge in [0, 0.05) is 19.9 Å². The quantitative estimate of drug-likeness (QED) is 0.784. The van der Waals surface area contributed by atoms with Crippen LogP contribution in [0.1, 0.15) is 24.2 Å². The number of pyridine rings is 1. The summed E-state index contributed by atoms with van der Waals surface area (Å²) in [5.41, 5.74) is 0.581. The minimum atomic E-state index is -0.0305. The number of rotatable bonds is 5. The molecule has 17 heavy (non-hydrogen) atoms. The fourth-order valence-electron chi connectivity index (χ4n) is 1.69. The molecule has 0 saturated heterocycles. The van der Waals surface area contributed by atoms with Crippen LogP contribution < -0.4 is 0 Å². The number of carbonyl (C=O) groups is 1. The van der Waals surface area contributed by atoms with Crippen LogP contribution in [-0.2, 0) is 4.74 Å². The van der Waals surface area contributed by atoms with Crippen molar-refractivity contribution in [1.29, 1.82) is 0 Å². The van der Waals surface area contributed by atoms with E-state index in [-0.39, 0.29) is 11.9 Å². The molecule has 0 aromatic carbocycles. The average Bonchev–Trinajstić information content (AvgIpc) is 2.30. The predicted octanol–water partition coefficient (Wildman–Crippen LogP) is 2.34. The highest BCUT2D eigenvalue weighted by Crippen LogP contribution is 2.16. The van der Waals surface area contributed by atoms with Gasteiger partial charge in [-0.25, -0.2) is 4.98 Å². The Morgan fingerprint density at radius 1 is 1.65 bits per heavy atom. The Hall–Kier alpha value is -0.940. The van der Waals surface area contributed by atoms with E-state index in [1.54, 1.807) is 30.3 Å². The van der Waals surface area contributed by atoms with Crippen molar-refractivity contribution in [3.8, 4) is 0 Å². The van der Waals surface area contributed by atoms with Crippen LogP contribution in [0, 0.1) is 0 Å². The van der Waals surface area contributed by atoms with E-state index >= 15 is 0 Å². The summed E-state index contributed by atoms with van der Waals surface area (Å²) in [5, 5.41) is 0. The Bertz CT molecular complexity index is 385. The van der Waals surface area contributed by atoms with Crippen LogP contribution in [0.5, 0.6) is 0 Å². The first-order valence-electron chi connectivity index (χ1n) is 5.52. The minimum Gasteiger partial charge on any atom is -0.383 e. The summed E-state index contributed by atoms with van der Waals surface area (Å²) in [7, 11) is 1.63. The normalized spacial score (nSPS) is 12.2. The molecule has 1 heterocycles. The van der Waals surface area contributed by atoms with Crippen molar-refractivity contribution in [2.45, 2.75) is 19.9 Å². The van der Waals surface area contributed by atoms with Crippen molar-refractivity contribution < 1.29 is 9.53 Å². The Balaban J connectivity index is 2.90. The third kappa shape index (κ3) is 3.51. The fourth-order valence-corrected chi connectivity index (χ4v) is 2.11. The lowest BCUT2D eigenvalue weighted by Gasteiger charge is -2.27. The summed E-state index contributed by atoms with van der Waals surface area (Å²) in [4.78, 5) is 18.1. The number of methoxy groups -OCH3 is 1. The van der Waals surface area contributed by atoms with Crippen LogP contribution in [0.15, 0.2) is 22.9 Å². The Morgan fingerprint density at radius 2 is 2.35 bits per heavy atom. The highest BCUT2D eigenvalue weighted by molar-refractivity contribution is 9.10. The summed E-state index contributed by atoms with van der Waals surface area (Å²) < 4.78 is 5.66. The molecule has 0 N–H and O–H groups in total. The van der Waals surface area contributed by atoms with Crippen molar-refractivity contribution in [2.24, 2.45) is 0 Å². The molecule has 0 bridgehead atoms. The molecule has 1 unspecified atom stereocenters. The highest BCUT2D eigenvalue weighted by Gasteiger charge is 2.21. The molecule has 94 valence electrons. The molecule has 0 radical (unpaired) electrons. The van der Waals surface area contributed by atoms with Gasteiger partial charge in [0.05, 0.1) is 18.2 Å². The number of halogens is 1. The molecule has 0 aliphatic rings. The molecule has 5 heteroatoms. The largest absolute Gasteiger partial charge is 0.383 e. The SMILES string of the molecule is CCN(C(=O)c1cccnc1Br)C(C)COC. The molecular formula is C12H17BrN2O2. The second-order valence-corrected chi connectivity index (χ2v) is 4.49. The van der Waals surface area contributed by atoms with Gasteiger partial charge in [-0.05, 0) is 41.9 Å². The van der Waals surface area contributed by atoms with Gasteiger partial charge in [0.15, 0.2) is 0 Å². The zero-order chi connectivity index (χ0) is 12.8. The van der Waals surface area contributed by atoms with E-state index in [4.69, 9.17) is 4.74 Å². The molecular weight excluding hydrogens is 284 g/mol. The van der Waals surface area contributed by atoms with E-state index in [2.05, 4.69) is 20.9 Å². The molecule has 1 aromatic rings. The van der Waals surface area contributed by atoms with Gasteiger partial charge in [-0.3, -0.25) is 4.79 Å². The van der Waals surface area contributed by atoms with Crippen molar-refractivity contribution in [1.82, 2.24) is 9.88 Å². The molecule has 0 aliphatic heterocycles. The maximum Gasteiger partial charge on any atom is 0.256 e. The van der Waals surface area contributed by atoms with Crippen LogP contribution in [0.25, 0.3) is 0 Å². The summed E-state index contributed by atoms with van der Waals surface area (Å²) >= 11 is 3.29. The third-order valence-corrected chi connectivity index (χ3v) is 3.16. The zero-order valence-electron chi connectivity index (χ0n) is 10.3. The Morgan fingerprint density at radius 3 is 2.88 bits per heavy atom. The van der Waals surface area contributed by atoms with Gasteiger partial charge < -0.3 is 9.64 Å². The van der Waals surface area contributed by atoms with Gasteiger partial charge in [0.1, 0.15) is 4.60 Å². The standard InChI is InChI=1S/C12H17BrN2O2/c1-4-15(9(2)8-17-3)12(16)10-6-5-7-14-11(10)13/h5-7,9H,4,8H2,1-3H3. The molecule has 0 aliphatic carbocycles. The molecule has 0 spiro atoms. The van der Waals surface area contributed by atoms with Crippen LogP contribution in [0.3, 0.4) is 0 Å². The smallest absolute Gasteiger partial charge is 0.256 e. The first-order chi connectivity index (χ1) is 8.11. The number of carbonyl (C=O) groups excluding carboxylic acids is 1. The number of ether oxygens (including phenoxy) is 1. The lowest BCUT2D eigenvalue weighted by Crippen LogP contribution is -2.41. The predicted molar refractivity (Wildman–Crippen MR) is 70.0 cm³/mol. The van der Waals surface area contributed by atoms with Gasteiger partial charge in [0.2, 0.25) is 0 Å². The molecule has 0 saturated carbocycles. The lowest BCUT2D eigenvalue weighted by atomic mass is 10.2. The summed E-state index contributed by atoms with van der Waals surface area (Å²) in [6.45, 7) is 5.09. The molecule has 1 aromatic heterocycles. The van der Waals surface area contributed by atoms with E-state index in [9.17, 15) is 4.79 Å². The van der Waals surface area contributed by atoms with Gasteiger partial charge >= 0.3 is 0 Å². The fraction of sp³-hybridized carbons (Fsp3) is 0.500. The number of aromatic nitrogens is 1. The number of hydrogen-bond acceptors (Lipinski definition) is 3. The van der Waals surface area contributed by atoms with Gasteiger partial charge in [-0.1, -0.05) is 0 Å². The summed E-state index contributed by atoms with van der Waals surface area (Å²) in [6, 6.07) is 3.57. The number of nitrogens with zero attached hydrogens (tertiary/aromatic N) is 2. The van der Waals surface area contributed by atoms with E-state index < -0.39 is 0 Å². The second kappa shape index (κ2) is 6.71. The molecule has 0 fully saturated rings. The van der Waals surface area contributed by atoms with E-state index in [1.807, 2.05) is 13.8 Å². The number of likely N-dealkylation sites (N-methyl/N-ethyl adjacent to an activating group) is 1. The monoisotopic (exact) mass is 300 g/mol. The minimum absolute atomic E-state index is 0.0305. The average molecular weight is 301 g/mol. The molecule has 1 atom stereocenters. The van der Waals surface area contributed by atoms with Gasteiger partial charge in [-0.15, -0.1) is 0 Å². The third-order valence-electron chi connectivity index (χ3n) is 2.53. The highest BCUT2D eigenvalue weighted by atomic mass is 79.9. The van der Waals surface area contributed by atoms with Crippen LogP contribution >= 0.6 is 15.9 Å². The van der Waals surface area contributed by atoms with Crippen LogP contribution in [0.4, 0.5) is 0 Å². The maximum atomic E-state index is 12.3. The molecule has 1 amide bonds. The second-order valence-electron chi connectivity index (χ2n) is 3.74. The first-order valence-corrected chi connectivity index (χ1v) is 6.31. The lowest BCUT2D eigenvalue weighted by molar-refractivity contribution is 0.0578. The van der Waals surface area contributed by atoms with Crippen LogP contribution in [-0.4, -0.2) is 42.1 Å². The van der Waals surface area contributed by atoms with Crippen molar-refractivity contribution in [2.75, 3.05) is 20.3 Å². The summed E-state index contributed by atoms with van der Waals surface area (Å²) in [5.74, 6) is -0.0305. The van der Waals surface area contributed by atoms with E-state index in [0.717, 1.165) is 0 Å². The zero-order valence-corrected chi connectivity index (χ0v) is 11.9. The van der Waals surface area contributed by atoms with Crippen LogP contribution in [0.2, 0.25) is 0 Å². The van der Waals surface area contributed by atoms with Crippen molar-refractivity contribution >= 4 is 21.8 Å². The van der Waals surface area contributed by atoms with Crippen molar-refractivity contribution in [3.63, 3.8) is 0 Å².